The third kappa shape index (κ3) is 3.21. The van der Waals surface area contributed by atoms with Crippen molar-refractivity contribution in [3.63, 3.8) is 0 Å². The van der Waals surface area contributed by atoms with Crippen LogP contribution in [-0.2, 0) is 4.74 Å². The summed E-state index contributed by atoms with van der Waals surface area (Å²) in [7, 11) is 1.78. The number of benzene rings is 1. The molecule has 0 radical (unpaired) electrons. The summed E-state index contributed by atoms with van der Waals surface area (Å²) in [6.07, 6.45) is 2.40. The van der Waals surface area contributed by atoms with E-state index < -0.39 is 0 Å². The van der Waals surface area contributed by atoms with Gasteiger partial charge in [0.25, 0.3) is 0 Å². The van der Waals surface area contributed by atoms with Gasteiger partial charge in [-0.2, -0.15) is 0 Å². The van der Waals surface area contributed by atoms with E-state index in [1.165, 1.54) is 18.5 Å². The van der Waals surface area contributed by atoms with Crippen LogP contribution in [0.5, 0.6) is 0 Å². The Morgan fingerprint density at radius 2 is 1.94 bits per heavy atom. The largest absolute Gasteiger partial charge is 0.389 e. The zero-order valence-corrected chi connectivity index (χ0v) is 11.6. The van der Waals surface area contributed by atoms with Gasteiger partial charge in [0.05, 0.1) is 0 Å². The fraction of sp³-hybridized carbons (Fsp3) is 0.500. The van der Waals surface area contributed by atoms with Crippen LogP contribution in [0, 0.1) is 5.92 Å². The molecular formula is C14H20N2OS. The minimum Gasteiger partial charge on any atom is -0.389 e. The van der Waals surface area contributed by atoms with Gasteiger partial charge >= 0.3 is 0 Å². The van der Waals surface area contributed by atoms with E-state index in [0.29, 0.717) is 10.9 Å². The van der Waals surface area contributed by atoms with Crippen molar-refractivity contribution in [2.75, 3.05) is 31.7 Å². The smallest absolute Gasteiger partial charge is 0.103 e. The molecule has 1 heterocycles. The molecule has 18 heavy (non-hydrogen) atoms. The Morgan fingerprint density at radius 3 is 2.44 bits per heavy atom. The fourth-order valence-corrected chi connectivity index (χ4v) is 2.57. The maximum Gasteiger partial charge on any atom is 0.103 e. The van der Waals surface area contributed by atoms with E-state index in [2.05, 4.69) is 17.0 Å². The first-order valence-corrected chi connectivity index (χ1v) is 6.75. The van der Waals surface area contributed by atoms with Crippen molar-refractivity contribution >= 4 is 22.9 Å². The average molecular weight is 264 g/mol. The highest BCUT2D eigenvalue weighted by molar-refractivity contribution is 7.80. The van der Waals surface area contributed by atoms with Crippen molar-refractivity contribution in [1.29, 1.82) is 0 Å². The van der Waals surface area contributed by atoms with Crippen LogP contribution < -0.4 is 10.6 Å². The molecule has 0 bridgehead atoms. The molecule has 2 N–H and O–H groups in total. The Hall–Kier alpha value is -1.13. The zero-order valence-electron chi connectivity index (χ0n) is 10.8. The molecule has 98 valence electrons. The first kappa shape index (κ1) is 13.3. The van der Waals surface area contributed by atoms with Gasteiger partial charge in [0, 0.05) is 38.1 Å². The highest BCUT2D eigenvalue weighted by Crippen LogP contribution is 2.23. The summed E-state index contributed by atoms with van der Waals surface area (Å²) in [5, 5.41) is 0. The summed E-state index contributed by atoms with van der Waals surface area (Å²) in [4.78, 5) is 2.87. The van der Waals surface area contributed by atoms with Crippen LogP contribution in [0.3, 0.4) is 0 Å². The topological polar surface area (TPSA) is 38.5 Å². The molecule has 1 aromatic rings. The van der Waals surface area contributed by atoms with Crippen LogP contribution in [-0.4, -0.2) is 31.8 Å². The number of nitrogens with zero attached hydrogens (tertiary/aromatic N) is 1. The second kappa shape index (κ2) is 6.16. The first-order valence-electron chi connectivity index (χ1n) is 6.34. The minimum atomic E-state index is 0.459. The molecule has 1 aliphatic heterocycles. The molecule has 0 saturated carbocycles. The van der Waals surface area contributed by atoms with Crippen LogP contribution >= 0.6 is 12.2 Å². The van der Waals surface area contributed by atoms with Gasteiger partial charge in [0.1, 0.15) is 4.99 Å². The molecule has 3 nitrogen and oxygen atoms in total. The molecule has 1 fully saturated rings. The second-order valence-corrected chi connectivity index (χ2v) is 5.24. The number of thiocarbonyl (C=S) groups is 1. The monoisotopic (exact) mass is 264 g/mol. The number of nitrogens with two attached hydrogens (primary N) is 1. The zero-order chi connectivity index (χ0) is 13.0. The number of hydrogen-bond donors (Lipinski definition) is 1. The number of rotatable bonds is 4. The van der Waals surface area contributed by atoms with Crippen molar-refractivity contribution in [3.8, 4) is 0 Å². The number of ether oxygens (including phenoxy) is 1. The van der Waals surface area contributed by atoms with Crippen molar-refractivity contribution in [1.82, 2.24) is 0 Å². The molecule has 1 saturated heterocycles. The van der Waals surface area contributed by atoms with E-state index in [0.717, 1.165) is 25.3 Å². The van der Waals surface area contributed by atoms with E-state index >= 15 is 0 Å². The van der Waals surface area contributed by atoms with Gasteiger partial charge in [0.2, 0.25) is 0 Å². The maximum absolute atomic E-state index is 5.60. The van der Waals surface area contributed by atoms with Crippen LogP contribution in [0.2, 0.25) is 0 Å². The standard InChI is InChI=1S/C14H20N2OS/c1-17-10-11-6-8-16(9-7-11)13-4-2-12(3-5-13)14(15)18/h2-5,11H,6-10H2,1H3,(H2,15,18). The molecule has 1 aromatic carbocycles. The Labute approximate surface area is 114 Å². The van der Waals surface area contributed by atoms with Gasteiger partial charge in [0.15, 0.2) is 0 Å². The lowest BCUT2D eigenvalue weighted by Crippen LogP contribution is -2.34. The predicted octanol–water partition coefficient (Wildman–Crippen LogP) is 2.18. The molecule has 0 unspecified atom stereocenters. The highest BCUT2D eigenvalue weighted by atomic mass is 32.1. The Morgan fingerprint density at radius 1 is 1.33 bits per heavy atom. The number of methoxy groups -OCH3 is 1. The lowest BCUT2D eigenvalue weighted by atomic mass is 9.97. The first-order chi connectivity index (χ1) is 8.70. The SMILES string of the molecule is COCC1CCN(c2ccc(C(N)=S)cc2)CC1. The third-order valence-electron chi connectivity index (χ3n) is 3.53. The van der Waals surface area contributed by atoms with E-state index in [-0.39, 0.29) is 0 Å². The van der Waals surface area contributed by atoms with Crippen LogP contribution in [0.15, 0.2) is 24.3 Å². The summed E-state index contributed by atoms with van der Waals surface area (Å²) in [6.45, 7) is 3.08. The quantitative estimate of drug-likeness (QED) is 0.846. The average Bonchev–Trinajstić information content (AvgIpc) is 2.40. The van der Waals surface area contributed by atoms with Gasteiger partial charge in [-0.3, -0.25) is 0 Å². The van der Waals surface area contributed by atoms with Crippen molar-refractivity contribution in [3.05, 3.63) is 29.8 Å². The van der Waals surface area contributed by atoms with Crippen molar-refractivity contribution < 1.29 is 4.74 Å². The second-order valence-electron chi connectivity index (χ2n) is 4.80. The molecule has 4 heteroatoms. The van der Waals surface area contributed by atoms with Crippen LogP contribution in [0.4, 0.5) is 5.69 Å². The molecule has 0 aromatic heterocycles. The lowest BCUT2D eigenvalue weighted by molar-refractivity contribution is 0.139. The fourth-order valence-electron chi connectivity index (χ4n) is 2.43. The van der Waals surface area contributed by atoms with Crippen molar-refractivity contribution in [2.24, 2.45) is 11.7 Å². The third-order valence-corrected chi connectivity index (χ3v) is 3.77. The normalized spacial score (nSPS) is 16.8. The van der Waals surface area contributed by atoms with Gasteiger partial charge < -0.3 is 15.4 Å². The molecule has 0 atom stereocenters. The van der Waals surface area contributed by atoms with Crippen LogP contribution in [0.1, 0.15) is 18.4 Å². The summed E-state index contributed by atoms with van der Waals surface area (Å²) in [5.41, 5.74) is 7.79. The summed E-state index contributed by atoms with van der Waals surface area (Å²) in [5.74, 6) is 0.710. The Kier molecular flexibility index (Phi) is 4.55. The summed E-state index contributed by atoms with van der Waals surface area (Å²) >= 11 is 4.96. The van der Waals surface area contributed by atoms with E-state index in [9.17, 15) is 0 Å². The lowest BCUT2D eigenvalue weighted by Gasteiger charge is -2.33. The van der Waals surface area contributed by atoms with Gasteiger partial charge in [-0.05, 0) is 43.0 Å². The molecule has 0 aliphatic carbocycles. The van der Waals surface area contributed by atoms with E-state index in [1.807, 2.05) is 12.1 Å². The van der Waals surface area contributed by atoms with Gasteiger partial charge in [-0.15, -0.1) is 0 Å². The predicted molar refractivity (Wildman–Crippen MR) is 79.1 cm³/mol. The molecule has 1 aliphatic rings. The van der Waals surface area contributed by atoms with E-state index in [1.54, 1.807) is 7.11 Å². The number of hydrogen-bond acceptors (Lipinski definition) is 3. The highest BCUT2D eigenvalue weighted by Gasteiger charge is 2.19. The molecular weight excluding hydrogens is 244 g/mol. The number of piperidine rings is 1. The molecule has 0 spiro atoms. The van der Waals surface area contributed by atoms with Gasteiger partial charge in [-0.25, -0.2) is 0 Å². The maximum atomic E-state index is 5.60. The summed E-state index contributed by atoms with van der Waals surface area (Å²) in [6, 6.07) is 8.20. The van der Waals surface area contributed by atoms with Crippen LogP contribution in [0.25, 0.3) is 0 Å². The minimum absolute atomic E-state index is 0.459. The van der Waals surface area contributed by atoms with E-state index in [4.69, 9.17) is 22.7 Å². The molecule has 0 amide bonds. The molecule has 2 rings (SSSR count). The van der Waals surface area contributed by atoms with Gasteiger partial charge in [-0.1, -0.05) is 12.2 Å². The number of anilines is 1. The Balaban J connectivity index is 1.95. The Bertz CT molecular complexity index is 397. The summed E-state index contributed by atoms with van der Waals surface area (Å²) < 4.78 is 5.22. The van der Waals surface area contributed by atoms with Crippen molar-refractivity contribution in [2.45, 2.75) is 12.8 Å².